The van der Waals surface area contributed by atoms with Gasteiger partial charge in [0.2, 0.25) is 5.88 Å². The molecule has 1 heterocycles. The van der Waals surface area contributed by atoms with E-state index in [4.69, 9.17) is 4.74 Å². The predicted molar refractivity (Wildman–Crippen MR) is 99.7 cm³/mol. The number of nitrogens with one attached hydrogen (secondary N) is 1. The standard InChI is InChI=1S/C20H19N3O4/c1-12-19(23-17-7-5-4-6-16(17)21-12)27-15-10-8-14(9-11-15)18(24)22-13(2)20(25)26-3/h4-11,13H,1-3H3,(H,22,24)/t13-/m0/s1. The molecule has 3 aromatic rings. The fraction of sp³-hybridized carbons (Fsp3) is 0.200. The normalized spacial score (nSPS) is 11.7. The molecule has 0 fully saturated rings. The van der Waals surface area contributed by atoms with Crippen molar-refractivity contribution in [2.24, 2.45) is 0 Å². The van der Waals surface area contributed by atoms with Crippen LogP contribution < -0.4 is 10.1 Å². The minimum atomic E-state index is -0.728. The van der Waals surface area contributed by atoms with Crippen LogP contribution in [0.3, 0.4) is 0 Å². The molecule has 7 heteroatoms. The van der Waals surface area contributed by atoms with E-state index < -0.39 is 12.0 Å². The second-order valence-electron chi connectivity index (χ2n) is 5.95. The van der Waals surface area contributed by atoms with E-state index in [9.17, 15) is 9.59 Å². The second kappa shape index (κ2) is 7.82. The number of nitrogens with zero attached hydrogens (tertiary/aromatic N) is 2. The molecule has 0 unspecified atom stereocenters. The summed E-state index contributed by atoms with van der Waals surface area (Å²) in [6, 6.07) is 13.4. The van der Waals surface area contributed by atoms with Crippen LogP contribution in [0.4, 0.5) is 0 Å². The summed E-state index contributed by atoms with van der Waals surface area (Å²) < 4.78 is 10.4. The Morgan fingerprint density at radius 2 is 1.63 bits per heavy atom. The van der Waals surface area contributed by atoms with Crippen LogP contribution in [-0.2, 0) is 9.53 Å². The highest BCUT2D eigenvalue weighted by atomic mass is 16.5. The number of fused-ring (bicyclic) bond motifs is 1. The molecule has 0 saturated heterocycles. The molecule has 138 valence electrons. The van der Waals surface area contributed by atoms with Crippen LogP contribution in [0, 0.1) is 6.92 Å². The van der Waals surface area contributed by atoms with E-state index in [0.717, 1.165) is 11.0 Å². The average Bonchev–Trinajstić information content (AvgIpc) is 2.68. The lowest BCUT2D eigenvalue weighted by Crippen LogP contribution is -2.39. The highest BCUT2D eigenvalue weighted by Crippen LogP contribution is 2.24. The summed E-state index contributed by atoms with van der Waals surface area (Å²) in [4.78, 5) is 32.5. The average molecular weight is 365 g/mol. The Morgan fingerprint density at radius 1 is 1.00 bits per heavy atom. The molecule has 0 saturated carbocycles. The monoisotopic (exact) mass is 365 g/mol. The van der Waals surface area contributed by atoms with Crippen LogP contribution >= 0.6 is 0 Å². The Morgan fingerprint density at radius 3 is 2.26 bits per heavy atom. The SMILES string of the molecule is COC(=O)[C@H](C)NC(=O)c1ccc(Oc2nc3ccccc3nc2C)cc1. The summed E-state index contributed by atoms with van der Waals surface area (Å²) in [7, 11) is 1.27. The number of hydrogen-bond acceptors (Lipinski definition) is 6. The second-order valence-corrected chi connectivity index (χ2v) is 5.95. The van der Waals surface area contributed by atoms with Crippen LogP contribution in [0.2, 0.25) is 0 Å². The first kappa shape index (κ1) is 18.3. The van der Waals surface area contributed by atoms with Crippen molar-refractivity contribution < 1.29 is 19.1 Å². The number of carbonyl (C=O) groups excluding carboxylic acids is 2. The lowest BCUT2D eigenvalue weighted by Gasteiger charge is -2.12. The van der Waals surface area contributed by atoms with Crippen LogP contribution in [-0.4, -0.2) is 35.0 Å². The molecule has 3 rings (SSSR count). The van der Waals surface area contributed by atoms with Crippen LogP contribution in [0.5, 0.6) is 11.6 Å². The van der Waals surface area contributed by atoms with Gasteiger partial charge < -0.3 is 14.8 Å². The van der Waals surface area contributed by atoms with Crippen molar-refractivity contribution in [2.75, 3.05) is 7.11 Å². The molecule has 0 radical (unpaired) electrons. The van der Waals surface area contributed by atoms with Crippen molar-refractivity contribution in [3.05, 3.63) is 59.8 Å². The number of carbonyl (C=O) groups is 2. The van der Waals surface area contributed by atoms with E-state index in [-0.39, 0.29) is 5.91 Å². The Bertz CT molecular complexity index is 986. The minimum absolute atomic E-state index is 0.374. The third-order valence-corrected chi connectivity index (χ3v) is 3.93. The number of benzene rings is 2. The number of hydrogen-bond donors (Lipinski definition) is 1. The molecule has 1 N–H and O–H groups in total. The molecule has 1 aromatic heterocycles. The third-order valence-electron chi connectivity index (χ3n) is 3.93. The first-order valence-electron chi connectivity index (χ1n) is 8.38. The predicted octanol–water partition coefficient (Wildman–Crippen LogP) is 3.02. The van der Waals surface area contributed by atoms with Gasteiger partial charge in [-0.15, -0.1) is 0 Å². The maximum absolute atomic E-state index is 12.2. The molecule has 27 heavy (non-hydrogen) atoms. The Balaban J connectivity index is 1.73. The fourth-order valence-electron chi connectivity index (χ4n) is 2.47. The van der Waals surface area contributed by atoms with E-state index in [1.165, 1.54) is 7.11 Å². The smallest absolute Gasteiger partial charge is 0.328 e. The Hall–Kier alpha value is -3.48. The van der Waals surface area contributed by atoms with Gasteiger partial charge in [-0.2, -0.15) is 0 Å². The first-order valence-corrected chi connectivity index (χ1v) is 8.38. The number of para-hydroxylation sites is 2. The van der Waals surface area contributed by atoms with E-state index in [1.807, 2.05) is 31.2 Å². The number of ether oxygens (including phenoxy) is 2. The number of methoxy groups -OCH3 is 1. The molecule has 7 nitrogen and oxygen atoms in total. The van der Waals surface area contributed by atoms with E-state index in [2.05, 4.69) is 20.0 Å². The topological polar surface area (TPSA) is 90.4 Å². The van der Waals surface area contributed by atoms with Crippen LogP contribution in [0.15, 0.2) is 48.5 Å². The molecule has 1 amide bonds. The Labute approximate surface area is 156 Å². The lowest BCUT2D eigenvalue weighted by molar-refractivity contribution is -0.142. The molecular formula is C20H19N3O4. The van der Waals surface area contributed by atoms with Gasteiger partial charge in [0, 0.05) is 5.56 Å². The summed E-state index contributed by atoms with van der Waals surface area (Å²) in [6.07, 6.45) is 0. The molecule has 0 spiro atoms. The largest absolute Gasteiger partial charge is 0.467 e. The Kier molecular flexibility index (Phi) is 5.30. The fourth-order valence-corrected chi connectivity index (χ4v) is 2.47. The highest BCUT2D eigenvalue weighted by molar-refractivity contribution is 5.96. The van der Waals surface area contributed by atoms with Gasteiger partial charge >= 0.3 is 5.97 Å². The van der Waals surface area contributed by atoms with E-state index in [1.54, 1.807) is 31.2 Å². The zero-order valence-electron chi connectivity index (χ0n) is 15.2. The molecule has 0 bridgehead atoms. The van der Waals surface area contributed by atoms with Crippen molar-refractivity contribution in [1.82, 2.24) is 15.3 Å². The number of amides is 1. The summed E-state index contributed by atoms with van der Waals surface area (Å²) in [5.41, 5.74) is 2.61. The van der Waals surface area contributed by atoms with E-state index in [0.29, 0.717) is 22.9 Å². The van der Waals surface area contributed by atoms with Crippen molar-refractivity contribution in [3.8, 4) is 11.6 Å². The minimum Gasteiger partial charge on any atom is -0.467 e. The van der Waals surface area contributed by atoms with Crippen molar-refractivity contribution in [3.63, 3.8) is 0 Å². The van der Waals surface area contributed by atoms with Crippen molar-refractivity contribution in [2.45, 2.75) is 19.9 Å². The van der Waals surface area contributed by atoms with Crippen molar-refractivity contribution >= 4 is 22.9 Å². The van der Waals surface area contributed by atoms with Gasteiger partial charge in [0.15, 0.2) is 0 Å². The molecule has 1 atom stereocenters. The highest BCUT2D eigenvalue weighted by Gasteiger charge is 2.17. The summed E-state index contributed by atoms with van der Waals surface area (Å²) >= 11 is 0. The number of esters is 1. The quantitative estimate of drug-likeness (QED) is 0.699. The molecule has 0 aliphatic carbocycles. The van der Waals surface area contributed by atoms with Gasteiger partial charge in [-0.1, -0.05) is 12.1 Å². The van der Waals surface area contributed by atoms with Crippen molar-refractivity contribution in [1.29, 1.82) is 0 Å². The zero-order chi connectivity index (χ0) is 19.4. The van der Waals surface area contributed by atoms with Gasteiger partial charge in [0.25, 0.3) is 5.91 Å². The van der Waals surface area contributed by atoms with Gasteiger partial charge in [0.05, 0.1) is 18.1 Å². The summed E-state index contributed by atoms with van der Waals surface area (Å²) in [6.45, 7) is 3.38. The number of rotatable bonds is 5. The number of aromatic nitrogens is 2. The first-order chi connectivity index (χ1) is 13.0. The van der Waals surface area contributed by atoms with E-state index >= 15 is 0 Å². The molecule has 0 aliphatic heterocycles. The van der Waals surface area contributed by atoms with Gasteiger partial charge in [0.1, 0.15) is 17.5 Å². The zero-order valence-corrected chi connectivity index (χ0v) is 15.2. The van der Waals surface area contributed by atoms with Crippen LogP contribution in [0.1, 0.15) is 23.0 Å². The molecule has 0 aliphatic rings. The van der Waals surface area contributed by atoms with Gasteiger partial charge in [-0.3, -0.25) is 4.79 Å². The maximum Gasteiger partial charge on any atom is 0.328 e. The van der Waals surface area contributed by atoms with Gasteiger partial charge in [-0.25, -0.2) is 14.8 Å². The summed E-state index contributed by atoms with van der Waals surface area (Å²) in [5.74, 6) is 0.0558. The molecule has 2 aromatic carbocycles. The lowest BCUT2D eigenvalue weighted by atomic mass is 10.2. The maximum atomic E-state index is 12.2. The van der Waals surface area contributed by atoms with Crippen LogP contribution in [0.25, 0.3) is 11.0 Å². The molecular weight excluding hydrogens is 346 g/mol. The summed E-state index contributed by atoms with van der Waals surface area (Å²) in [5, 5.41) is 2.57. The van der Waals surface area contributed by atoms with Gasteiger partial charge in [-0.05, 0) is 50.2 Å². The number of aryl methyl sites for hydroxylation is 1. The third kappa shape index (κ3) is 4.20.